The Hall–Kier alpha value is -3.34. The summed E-state index contributed by atoms with van der Waals surface area (Å²) >= 11 is 5.96. The van der Waals surface area contributed by atoms with E-state index in [0.29, 0.717) is 17.3 Å². The molecule has 0 saturated heterocycles. The zero-order valence-corrected chi connectivity index (χ0v) is 14.0. The smallest absolute Gasteiger partial charge is 0.130 e. The molecule has 4 nitrogen and oxygen atoms in total. The van der Waals surface area contributed by atoms with E-state index in [-0.39, 0.29) is 5.57 Å². The van der Waals surface area contributed by atoms with Gasteiger partial charge in [0.05, 0.1) is 12.2 Å². The van der Waals surface area contributed by atoms with Crippen molar-refractivity contribution in [2.75, 3.05) is 0 Å². The van der Waals surface area contributed by atoms with Crippen LogP contribution in [0.2, 0.25) is 5.02 Å². The maximum absolute atomic E-state index is 9.04. The molecule has 0 amide bonds. The van der Waals surface area contributed by atoms with Gasteiger partial charge in [0.15, 0.2) is 0 Å². The predicted octanol–water partition coefficient (Wildman–Crippen LogP) is 4.68. The van der Waals surface area contributed by atoms with Crippen molar-refractivity contribution < 1.29 is 0 Å². The van der Waals surface area contributed by atoms with E-state index in [1.807, 2.05) is 60.8 Å². The van der Waals surface area contributed by atoms with E-state index in [1.54, 1.807) is 22.9 Å². The standard InChI is InChI=1S/C20H13ClN4/c21-19-8-6-17(7-9-19)20-18(10-16(11-22)12-23)14-25(24-20)13-15-4-2-1-3-5-15/h1-10,14H,13H2. The average molecular weight is 345 g/mol. The van der Waals surface area contributed by atoms with E-state index in [2.05, 4.69) is 5.10 Å². The number of hydrogen-bond donors (Lipinski definition) is 0. The second kappa shape index (κ2) is 7.49. The van der Waals surface area contributed by atoms with Crippen molar-refractivity contribution in [1.29, 1.82) is 10.5 Å². The minimum absolute atomic E-state index is 0.0366. The van der Waals surface area contributed by atoms with Crippen LogP contribution in [0.1, 0.15) is 11.1 Å². The van der Waals surface area contributed by atoms with Gasteiger partial charge in [-0.1, -0.05) is 54.1 Å². The number of rotatable bonds is 4. The van der Waals surface area contributed by atoms with Crippen LogP contribution in [0.4, 0.5) is 0 Å². The maximum atomic E-state index is 9.04. The second-order valence-corrected chi connectivity index (χ2v) is 5.84. The predicted molar refractivity (Wildman–Crippen MR) is 97.4 cm³/mol. The van der Waals surface area contributed by atoms with Crippen molar-refractivity contribution >= 4 is 17.7 Å². The monoisotopic (exact) mass is 344 g/mol. The molecule has 0 atom stereocenters. The lowest BCUT2D eigenvalue weighted by Gasteiger charge is -2.01. The Morgan fingerprint density at radius 1 is 1.04 bits per heavy atom. The van der Waals surface area contributed by atoms with Crippen LogP contribution in [0.15, 0.2) is 66.4 Å². The number of halogens is 1. The third kappa shape index (κ3) is 3.95. The molecule has 1 aromatic heterocycles. The fraction of sp³-hybridized carbons (Fsp3) is 0.0500. The summed E-state index contributed by atoms with van der Waals surface area (Å²) < 4.78 is 1.80. The van der Waals surface area contributed by atoms with Crippen molar-refractivity contribution in [1.82, 2.24) is 9.78 Å². The van der Waals surface area contributed by atoms with E-state index in [4.69, 9.17) is 22.1 Å². The third-order valence-corrected chi connectivity index (χ3v) is 3.89. The lowest BCUT2D eigenvalue weighted by atomic mass is 10.1. The maximum Gasteiger partial charge on any atom is 0.130 e. The third-order valence-electron chi connectivity index (χ3n) is 3.64. The van der Waals surface area contributed by atoms with Gasteiger partial charge in [0.2, 0.25) is 0 Å². The van der Waals surface area contributed by atoms with Gasteiger partial charge in [-0.25, -0.2) is 0 Å². The van der Waals surface area contributed by atoms with Crippen LogP contribution in [0.25, 0.3) is 17.3 Å². The van der Waals surface area contributed by atoms with E-state index in [9.17, 15) is 0 Å². The minimum atomic E-state index is 0.0366. The molecule has 0 aliphatic heterocycles. The average Bonchev–Trinajstić information content (AvgIpc) is 3.03. The lowest BCUT2D eigenvalue weighted by Crippen LogP contribution is -1.99. The molecular formula is C20H13ClN4. The van der Waals surface area contributed by atoms with E-state index < -0.39 is 0 Å². The highest BCUT2D eigenvalue weighted by atomic mass is 35.5. The van der Waals surface area contributed by atoms with Crippen LogP contribution in [-0.2, 0) is 6.54 Å². The first-order chi connectivity index (χ1) is 12.2. The largest absolute Gasteiger partial charge is 0.267 e. The molecule has 0 aliphatic rings. The van der Waals surface area contributed by atoms with Gasteiger partial charge < -0.3 is 0 Å². The summed E-state index contributed by atoms with van der Waals surface area (Å²) in [5.41, 5.74) is 3.45. The highest BCUT2D eigenvalue weighted by molar-refractivity contribution is 6.30. The van der Waals surface area contributed by atoms with Crippen molar-refractivity contribution in [2.45, 2.75) is 6.54 Å². The van der Waals surface area contributed by atoms with Gasteiger partial charge in [-0.3, -0.25) is 4.68 Å². The Balaban J connectivity index is 2.05. The molecule has 0 spiro atoms. The molecule has 3 rings (SSSR count). The summed E-state index contributed by atoms with van der Waals surface area (Å²) in [4.78, 5) is 0. The second-order valence-electron chi connectivity index (χ2n) is 5.40. The van der Waals surface area contributed by atoms with Crippen molar-refractivity contribution in [2.24, 2.45) is 0 Å². The van der Waals surface area contributed by atoms with Gasteiger partial charge >= 0.3 is 0 Å². The molecular weight excluding hydrogens is 332 g/mol. The highest BCUT2D eigenvalue weighted by Gasteiger charge is 2.11. The Kier molecular flexibility index (Phi) is 4.95. The van der Waals surface area contributed by atoms with Crippen LogP contribution < -0.4 is 0 Å². The topological polar surface area (TPSA) is 65.4 Å². The quantitative estimate of drug-likeness (QED) is 0.645. The summed E-state index contributed by atoms with van der Waals surface area (Å²) in [6.45, 7) is 0.601. The molecule has 25 heavy (non-hydrogen) atoms. The Bertz CT molecular complexity index is 971. The van der Waals surface area contributed by atoms with E-state index in [1.165, 1.54) is 0 Å². The molecule has 3 aromatic rings. The SMILES string of the molecule is N#CC(C#N)=Cc1cn(Cc2ccccc2)nc1-c1ccc(Cl)cc1. The number of nitriles is 2. The first-order valence-electron chi connectivity index (χ1n) is 7.59. The van der Waals surface area contributed by atoms with Crippen LogP contribution in [0.5, 0.6) is 0 Å². The van der Waals surface area contributed by atoms with Gasteiger partial charge in [0.25, 0.3) is 0 Å². The first kappa shape index (κ1) is 16.5. The highest BCUT2D eigenvalue weighted by Crippen LogP contribution is 2.26. The number of hydrogen-bond acceptors (Lipinski definition) is 3. The van der Waals surface area contributed by atoms with E-state index >= 15 is 0 Å². The molecule has 0 unspecified atom stereocenters. The molecule has 0 aliphatic carbocycles. The molecule has 0 radical (unpaired) electrons. The van der Waals surface area contributed by atoms with E-state index in [0.717, 1.165) is 16.7 Å². The summed E-state index contributed by atoms with van der Waals surface area (Å²) in [5, 5.41) is 23.4. The van der Waals surface area contributed by atoms with Crippen LogP contribution in [-0.4, -0.2) is 9.78 Å². The molecule has 0 fully saturated rings. The lowest BCUT2D eigenvalue weighted by molar-refractivity contribution is 0.689. The van der Waals surface area contributed by atoms with Crippen molar-refractivity contribution in [3.8, 4) is 23.4 Å². The summed E-state index contributed by atoms with van der Waals surface area (Å²) in [6.07, 6.45) is 3.39. The van der Waals surface area contributed by atoms with Gasteiger partial charge in [0.1, 0.15) is 17.7 Å². The van der Waals surface area contributed by atoms with Crippen molar-refractivity contribution in [3.63, 3.8) is 0 Å². The Morgan fingerprint density at radius 3 is 2.36 bits per heavy atom. The molecule has 1 heterocycles. The molecule has 2 aromatic carbocycles. The number of nitrogens with zero attached hydrogens (tertiary/aromatic N) is 4. The first-order valence-corrected chi connectivity index (χ1v) is 7.96. The number of allylic oxidation sites excluding steroid dienone is 1. The Labute approximate surface area is 150 Å². The Morgan fingerprint density at radius 2 is 1.72 bits per heavy atom. The summed E-state index contributed by atoms with van der Waals surface area (Å²) in [7, 11) is 0. The number of benzene rings is 2. The van der Waals surface area contributed by atoms with Crippen LogP contribution in [0.3, 0.4) is 0 Å². The molecule has 120 valence electrons. The van der Waals surface area contributed by atoms with Gasteiger partial charge in [-0.05, 0) is 23.8 Å². The summed E-state index contributed by atoms with van der Waals surface area (Å²) in [5.74, 6) is 0. The fourth-order valence-electron chi connectivity index (χ4n) is 2.47. The molecule has 0 saturated carbocycles. The minimum Gasteiger partial charge on any atom is -0.267 e. The van der Waals surface area contributed by atoms with Crippen LogP contribution in [0, 0.1) is 22.7 Å². The van der Waals surface area contributed by atoms with Crippen molar-refractivity contribution in [3.05, 3.63) is 82.5 Å². The zero-order valence-electron chi connectivity index (χ0n) is 13.2. The number of aromatic nitrogens is 2. The molecule has 0 N–H and O–H groups in total. The summed E-state index contributed by atoms with van der Waals surface area (Å²) in [6, 6.07) is 21.1. The van der Waals surface area contributed by atoms with Gasteiger partial charge in [-0.15, -0.1) is 0 Å². The van der Waals surface area contributed by atoms with Gasteiger partial charge in [0, 0.05) is 22.3 Å². The fourth-order valence-corrected chi connectivity index (χ4v) is 2.60. The van der Waals surface area contributed by atoms with Gasteiger partial charge in [-0.2, -0.15) is 15.6 Å². The molecule has 5 heteroatoms. The molecule has 0 bridgehead atoms. The normalized spacial score (nSPS) is 9.88. The van der Waals surface area contributed by atoms with Crippen LogP contribution >= 0.6 is 11.6 Å². The zero-order chi connectivity index (χ0) is 17.6.